The van der Waals surface area contributed by atoms with E-state index in [-0.39, 0.29) is 30.7 Å². The van der Waals surface area contributed by atoms with Gasteiger partial charge in [-0.15, -0.1) is 0 Å². The van der Waals surface area contributed by atoms with Gasteiger partial charge in [-0.3, -0.25) is 9.59 Å². The molecule has 1 aliphatic carbocycles. The van der Waals surface area contributed by atoms with Crippen molar-refractivity contribution in [2.75, 3.05) is 6.54 Å². The van der Waals surface area contributed by atoms with Crippen LogP contribution in [0.5, 0.6) is 0 Å². The third-order valence-electron chi connectivity index (χ3n) is 5.73. The SMILES string of the molecule is C[C@H]1c2nc(-c3ccccc3)nn2CCN1C(=O)CCC(=O)NC1CCCC1. The molecule has 7 heteroatoms. The van der Waals surface area contributed by atoms with Gasteiger partial charge in [0.25, 0.3) is 0 Å². The van der Waals surface area contributed by atoms with Gasteiger partial charge >= 0.3 is 0 Å². The van der Waals surface area contributed by atoms with Crippen LogP contribution in [0.15, 0.2) is 30.3 Å². The van der Waals surface area contributed by atoms with E-state index in [1.807, 2.05) is 46.8 Å². The lowest BCUT2D eigenvalue weighted by molar-refractivity contribution is -0.136. The Morgan fingerprint density at radius 1 is 1.11 bits per heavy atom. The number of fused-ring (bicyclic) bond motifs is 1. The van der Waals surface area contributed by atoms with Crippen LogP contribution in [0, 0.1) is 0 Å². The van der Waals surface area contributed by atoms with E-state index in [1.165, 1.54) is 12.8 Å². The van der Waals surface area contributed by atoms with Gasteiger partial charge in [-0.1, -0.05) is 43.2 Å². The molecule has 1 atom stereocenters. The first-order valence-electron chi connectivity index (χ1n) is 10.2. The summed E-state index contributed by atoms with van der Waals surface area (Å²) in [6, 6.07) is 10.0. The molecule has 2 aliphatic rings. The third kappa shape index (κ3) is 3.93. The number of benzene rings is 1. The van der Waals surface area contributed by atoms with E-state index in [0.29, 0.717) is 25.0 Å². The lowest BCUT2D eigenvalue weighted by Gasteiger charge is -2.33. The van der Waals surface area contributed by atoms with E-state index in [1.54, 1.807) is 0 Å². The summed E-state index contributed by atoms with van der Waals surface area (Å²) in [6.07, 6.45) is 4.97. The van der Waals surface area contributed by atoms with Crippen molar-refractivity contribution in [3.8, 4) is 11.4 Å². The van der Waals surface area contributed by atoms with Crippen LogP contribution in [0.25, 0.3) is 11.4 Å². The smallest absolute Gasteiger partial charge is 0.223 e. The van der Waals surface area contributed by atoms with Gasteiger partial charge in [0.15, 0.2) is 5.82 Å². The standard InChI is InChI=1S/C21H27N5O2/c1-15-21-23-20(16-7-3-2-4-8-16)24-26(21)14-13-25(15)19(28)12-11-18(27)22-17-9-5-6-10-17/h2-4,7-8,15,17H,5-6,9-14H2,1H3,(H,22,27)/t15-/m0/s1. The van der Waals surface area contributed by atoms with Crippen molar-refractivity contribution in [1.82, 2.24) is 25.0 Å². The molecule has 0 spiro atoms. The average molecular weight is 381 g/mol. The third-order valence-corrected chi connectivity index (χ3v) is 5.73. The van der Waals surface area contributed by atoms with Crippen LogP contribution < -0.4 is 5.32 Å². The highest BCUT2D eigenvalue weighted by atomic mass is 16.2. The Balaban J connectivity index is 1.37. The van der Waals surface area contributed by atoms with E-state index in [9.17, 15) is 9.59 Å². The monoisotopic (exact) mass is 381 g/mol. The van der Waals surface area contributed by atoms with Crippen molar-refractivity contribution in [3.05, 3.63) is 36.2 Å². The normalized spacial score (nSPS) is 19.5. The molecular weight excluding hydrogens is 354 g/mol. The van der Waals surface area contributed by atoms with E-state index < -0.39 is 0 Å². The molecular formula is C21H27N5O2. The molecule has 1 aliphatic heterocycles. The number of nitrogens with zero attached hydrogens (tertiary/aromatic N) is 4. The van der Waals surface area contributed by atoms with Crippen molar-refractivity contribution in [3.63, 3.8) is 0 Å². The molecule has 1 aromatic carbocycles. The molecule has 0 bridgehead atoms. The minimum absolute atomic E-state index is 0.00424. The molecule has 2 aromatic rings. The summed E-state index contributed by atoms with van der Waals surface area (Å²) in [5.74, 6) is 1.48. The molecule has 0 unspecified atom stereocenters. The summed E-state index contributed by atoms with van der Waals surface area (Å²) < 4.78 is 1.89. The maximum atomic E-state index is 12.7. The van der Waals surface area contributed by atoms with Crippen molar-refractivity contribution in [1.29, 1.82) is 0 Å². The Bertz CT molecular complexity index is 842. The first-order chi connectivity index (χ1) is 13.6. The highest BCUT2D eigenvalue weighted by molar-refractivity contribution is 5.84. The first-order valence-corrected chi connectivity index (χ1v) is 10.2. The topological polar surface area (TPSA) is 80.1 Å². The fourth-order valence-corrected chi connectivity index (χ4v) is 4.15. The van der Waals surface area contributed by atoms with Gasteiger partial charge in [0.05, 0.1) is 12.6 Å². The second-order valence-electron chi connectivity index (χ2n) is 7.69. The quantitative estimate of drug-likeness (QED) is 0.863. The van der Waals surface area contributed by atoms with Crippen LogP contribution in [0.4, 0.5) is 0 Å². The number of hydrogen-bond acceptors (Lipinski definition) is 4. The Labute approximate surface area is 165 Å². The summed E-state index contributed by atoms with van der Waals surface area (Å²) >= 11 is 0. The van der Waals surface area contributed by atoms with Gasteiger partial charge in [0, 0.05) is 31.0 Å². The van der Waals surface area contributed by atoms with E-state index in [0.717, 1.165) is 24.2 Å². The number of carbonyl (C=O) groups excluding carboxylic acids is 2. The Morgan fingerprint density at radius 3 is 2.61 bits per heavy atom. The van der Waals surface area contributed by atoms with Crippen LogP contribution in [0.1, 0.15) is 57.3 Å². The van der Waals surface area contributed by atoms with Gasteiger partial charge in [-0.25, -0.2) is 9.67 Å². The second-order valence-corrected chi connectivity index (χ2v) is 7.69. The molecule has 4 rings (SSSR count). The molecule has 7 nitrogen and oxygen atoms in total. The maximum absolute atomic E-state index is 12.7. The fourth-order valence-electron chi connectivity index (χ4n) is 4.15. The summed E-state index contributed by atoms with van der Waals surface area (Å²) in [6.45, 7) is 3.19. The van der Waals surface area contributed by atoms with Gasteiger partial charge in [0.2, 0.25) is 11.8 Å². The fraction of sp³-hybridized carbons (Fsp3) is 0.524. The van der Waals surface area contributed by atoms with E-state index in [2.05, 4.69) is 15.4 Å². The molecule has 28 heavy (non-hydrogen) atoms. The summed E-state index contributed by atoms with van der Waals surface area (Å²) in [5, 5.41) is 7.65. The van der Waals surface area contributed by atoms with E-state index in [4.69, 9.17) is 0 Å². The summed E-state index contributed by atoms with van der Waals surface area (Å²) in [7, 11) is 0. The van der Waals surface area contributed by atoms with Crippen LogP contribution >= 0.6 is 0 Å². The van der Waals surface area contributed by atoms with Crippen LogP contribution in [0.2, 0.25) is 0 Å². The summed E-state index contributed by atoms with van der Waals surface area (Å²) in [5.41, 5.74) is 0.970. The highest BCUT2D eigenvalue weighted by Gasteiger charge is 2.31. The zero-order valence-electron chi connectivity index (χ0n) is 16.3. The molecule has 1 fully saturated rings. The largest absolute Gasteiger partial charge is 0.353 e. The highest BCUT2D eigenvalue weighted by Crippen LogP contribution is 2.27. The van der Waals surface area contributed by atoms with E-state index >= 15 is 0 Å². The van der Waals surface area contributed by atoms with Gasteiger partial charge in [-0.05, 0) is 19.8 Å². The predicted molar refractivity (Wildman–Crippen MR) is 105 cm³/mol. The zero-order chi connectivity index (χ0) is 19.5. The van der Waals surface area contributed by atoms with Crippen LogP contribution in [-0.4, -0.2) is 44.1 Å². The number of aromatic nitrogens is 3. The average Bonchev–Trinajstić information content (AvgIpc) is 3.37. The number of amides is 2. The number of rotatable bonds is 5. The molecule has 2 heterocycles. The lowest BCUT2D eigenvalue weighted by atomic mass is 10.1. The minimum Gasteiger partial charge on any atom is -0.353 e. The van der Waals surface area contributed by atoms with Crippen molar-refractivity contribution < 1.29 is 9.59 Å². The van der Waals surface area contributed by atoms with Crippen molar-refractivity contribution in [2.45, 2.75) is 64.1 Å². The molecule has 148 valence electrons. The summed E-state index contributed by atoms with van der Waals surface area (Å²) in [4.78, 5) is 31.3. The van der Waals surface area contributed by atoms with Gasteiger partial charge in [-0.2, -0.15) is 5.10 Å². The van der Waals surface area contributed by atoms with Crippen molar-refractivity contribution in [2.24, 2.45) is 0 Å². The Kier molecular flexibility index (Phi) is 5.41. The van der Waals surface area contributed by atoms with Gasteiger partial charge in [0.1, 0.15) is 5.82 Å². The second kappa shape index (κ2) is 8.12. The number of hydrogen-bond donors (Lipinski definition) is 1. The first kappa shape index (κ1) is 18.7. The molecule has 1 aromatic heterocycles. The Morgan fingerprint density at radius 2 is 1.86 bits per heavy atom. The van der Waals surface area contributed by atoms with Crippen LogP contribution in [-0.2, 0) is 16.1 Å². The lowest BCUT2D eigenvalue weighted by Crippen LogP contribution is -2.42. The van der Waals surface area contributed by atoms with Gasteiger partial charge < -0.3 is 10.2 Å². The molecule has 0 radical (unpaired) electrons. The Hall–Kier alpha value is -2.70. The van der Waals surface area contributed by atoms with Crippen LogP contribution in [0.3, 0.4) is 0 Å². The van der Waals surface area contributed by atoms with Crippen molar-refractivity contribution >= 4 is 11.8 Å². The zero-order valence-corrected chi connectivity index (χ0v) is 16.3. The molecule has 2 amide bonds. The maximum Gasteiger partial charge on any atom is 0.223 e. The molecule has 1 N–H and O–H groups in total. The number of nitrogens with one attached hydrogen (secondary N) is 1. The number of carbonyl (C=O) groups is 2. The minimum atomic E-state index is -0.149. The predicted octanol–water partition coefficient (Wildman–Crippen LogP) is 2.69. The molecule has 1 saturated carbocycles. The molecule has 0 saturated heterocycles.